The molecule has 0 radical (unpaired) electrons. The van der Waals surface area contributed by atoms with Gasteiger partial charge in [0.15, 0.2) is 0 Å². The van der Waals surface area contributed by atoms with Crippen LogP contribution in [0.4, 0.5) is 0 Å². The van der Waals surface area contributed by atoms with Crippen molar-refractivity contribution in [2.45, 2.75) is 12.3 Å². The predicted molar refractivity (Wildman–Crippen MR) is 88.4 cm³/mol. The van der Waals surface area contributed by atoms with Gasteiger partial charge in [-0.25, -0.2) is 0 Å². The molecule has 1 unspecified atom stereocenters. The zero-order valence-corrected chi connectivity index (χ0v) is 13.2. The van der Waals surface area contributed by atoms with E-state index >= 15 is 0 Å². The van der Waals surface area contributed by atoms with Crippen LogP contribution in [0.25, 0.3) is 0 Å². The van der Waals surface area contributed by atoms with Crippen LogP contribution in [0.1, 0.15) is 18.1 Å². The molecule has 3 nitrogen and oxygen atoms in total. The van der Waals surface area contributed by atoms with E-state index < -0.39 is 21.3 Å². The minimum atomic E-state index is -4.17. The van der Waals surface area contributed by atoms with Gasteiger partial charge in [0.25, 0.3) is 10.1 Å². The molecular formula is C16H16O3S2. The fourth-order valence-electron chi connectivity index (χ4n) is 2.36. The number of rotatable bonds is 5. The first-order valence-electron chi connectivity index (χ1n) is 6.43. The van der Waals surface area contributed by atoms with Crippen molar-refractivity contribution >= 4 is 27.2 Å². The molecule has 0 spiro atoms. The average Bonchev–Trinajstić information content (AvgIpc) is 2.46. The first-order chi connectivity index (χ1) is 9.83. The van der Waals surface area contributed by atoms with E-state index in [-0.39, 0.29) is 0 Å². The van der Waals surface area contributed by atoms with Crippen molar-refractivity contribution in [1.82, 2.24) is 0 Å². The van der Waals surface area contributed by atoms with E-state index in [0.29, 0.717) is 4.86 Å². The van der Waals surface area contributed by atoms with Gasteiger partial charge in [-0.15, -0.1) is 0 Å². The summed E-state index contributed by atoms with van der Waals surface area (Å²) in [4.78, 5) is 0.493. The summed E-state index contributed by atoms with van der Waals surface area (Å²) < 4.78 is 32.2. The SMILES string of the molecule is CC(CS(=O)(=O)O)(C(=S)c1ccccc1)c1ccccc1. The van der Waals surface area contributed by atoms with Crippen molar-refractivity contribution in [3.8, 4) is 0 Å². The smallest absolute Gasteiger partial charge is 0.266 e. The van der Waals surface area contributed by atoms with Gasteiger partial charge >= 0.3 is 0 Å². The van der Waals surface area contributed by atoms with Gasteiger partial charge < -0.3 is 0 Å². The van der Waals surface area contributed by atoms with E-state index in [2.05, 4.69) is 0 Å². The molecule has 0 aliphatic heterocycles. The Morgan fingerprint density at radius 3 is 2.00 bits per heavy atom. The summed E-state index contributed by atoms with van der Waals surface area (Å²) in [5, 5.41) is 0. The summed E-state index contributed by atoms with van der Waals surface area (Å²) in [6.07, 6.45) is 0. The summed E-state index contributed by atoms with van der Waals surface area (Å²) in [6, 6.07) is 18.4. The maximum atomic E-state index is 11.5. The summed E-state index contributed by atoms with van der Waals surface area (Å²) in [7, 11) is -4.17. The van der Waals surface area contributed by atoms with Crippen molar-refractivity contribution in [2.24, 2.45) is 0 Å². The van der Waals surface area contributed by atoms with Gasteiger partial charge in [0.05, 0.1) is 5.75 Å². The van der Waals surface area contributed by atoms with Crippen molar-refractivity contribution in [3.63, 3.8) is 0 Å². The second-order valence-corrected chi connectivity index (χ2v) is 6.98. The lowest BCUT2D eigenvalue weighted by molar-refractivity contribution is 0.473. The minimum Gasteiger partial charge on any atom is -0.286 e. The van der Waals surface area contributed by atoms with Gasteiger partial charge in [-0.05, 0) is 18.1 Å². The van der Waals surface area contributed by atoms with Gasteiger partial charge in [-0.3, -0.25) is 4.55 Å². The fraction of sp³-hybridized carbons (Fsp3) is 0.188. The summed E-state index contributed by atoms with van der Waals surface area (Å²) in [5.41, 5.74) is 0.574. The van der Waals surface area contributed by atoms with Crippen molar-refractivity contribution in [2.75, 3.05) is 5.75 Å². The molecular weight excluding hydrogens is 304 g/mol. The molecule has 1 atom stereocenters. The van der Waals surface area contributed by atoms with Gasteiger partial charge in [0, 0.05) is 10.3 Å². The zero-order valence-electron chi connectivity index (χ0n) is 11.6. The van der Waals surface area contributed by atoms with Gasteiger partial charge in [-0.2, -0.15) is 8.42 Å². The topological polar surface area (TPSA) is 54.4 Å². The third kappa shape index (κ3) is 3.75. The van der Waals surface area contributed by atoms with Crippen LogP contribution in [-0.4, -0.2) is 23.6 Å². The molecule has 0 saturated carbocycles. The maximum absolute atomic E-state index is 11.5. The Morgan fingerprint density at radius 2 is 1.52 bits per heavy atom. The fourth-order valence-corrected chi connectivity index (χ4v) is 3.82. The van der Waals surface area contributed by atoms with E-state index in [1.54, 1.807) is 6.92 Å². The standard InChI is InChI=1S/C16H16O3S2/c1-16(12-21(17,18)19,14-10-6-3-7-11-14)15(20)13-8-4-2-5-9-13/h2-11H,12H2,1H3,(H,17,18,19). The molecule has 1 N–H and O–H groups in total. The second kappa shape index (κ2) is 6.05. The zero-order chi connectivity index (χ0) is 15.5. The first kappa shape index (κ1) is 15.8. The Morgan fingerprint density at radius 1 is 1.05 bits per heavy atom. The minimum absolute atomic E-state index is 0.447. The monoisotopic (exact) mass is 320 g/mol. The second-order valence-electron chi connectivity index (χ2n) is 5.12. The summed E-state index contributed by atoms with van der Waals surface area (Å²) in [5.74, 6) is -0.447. The molecule has 0 aliphatic rings. The third-order valence-electron chi connectivity index (χ3n) is 3.42. The Bertz CT molecular complexity index is 725. The summed E-state index contributed by atoms with van der Waals surface area (Å²) >= 11 is 5.53. The van der Waals surface area contributed by atoms with Gasteiger partial charge in [0.1, 0.15) is 0 Å². The van der Waals surface area contributed by atoms with Crippen molar-refractivity contribution in [1.29, 1.82) is 0 Å². The molecule has 0 fully saturated rings. The summed E-state index contributed by atoms with van der Waals surface area (Å²) in [6.45, 7) is 1.74. The van der Waals surface area contributed by atoms with Crippen LogP contribution in [-0.2, 0) is 15.5 Å². The number of thiocarbonyl (C=S) groups is 1. The van der Waals surface area contributed by atoms with Crippen LogP contribution in [0.2, 0.25) is 0 Å². The highest BCUT2D eigenvalue weighted by Crippen LogP contribution is 2.30. The molecule has 0 amide bonds. The van der Waals surface area contributed by atoms with Crippen molar-refractivity contribution in [3.05, 3.63) is 71.8 Å². The van der Waals surface area contributed by atoms with Gasteiger partial charge in [-0.1, -0.05) is 72.9 Å². The quantitative estimate of drug-likeness (QED) is 0.522. The Labute approximate surface area is 130 Å². The molecule has 0 aliphatic carbocycles. The molecule has 0 saturated heterocycles. The first-order valence-corrected chi connectivity index (χ1v) is 8.45. The lowest BCUT2D eigenvalue weighted by atomic mass is 9.78. The molecule has 2 rings (SSSR count). The van der Waals surface area contributed by atoms with Crippen LogP contribution < -0.4 is 0 Å². The molecule has 2 aromatic rings. The Kier molecular flexibility index (Phi) is 4.56. The van der Waals surface area contributed by atoms with E-state index in [0.717, 1.165) is 11.1 Å². The van der Waals surface area contributed by atoms with E-state index in [1.165, 1.54) is 0 Å². The molecule has 0 bridgehead atoms. The van der Waals surface area contributed by atoms with Gasteiger partial charge in [0.2, 0.25) is 0 Å². The number of benzene rings is 2. The number of hydrogen-bond donors (Lipinski definition) is 1. The largest absolute Gasteiger partial charge is 0.286 e. The van der Waals surface area contributed by atoms with E-state index in [9.17, 15) is 13.0 Å². The highest BCUT2D eigenvalue weighted by Gasteiger charge is 2.36. The molecule has 5 heteroatoms. The lowest BCUT2D eigenvalue weighted by Crippen LogP contribution is -2.39. The predicted octanol–water partition coefficient (Wildman–Crippen LogP) is 3.25. The van der Waals surface area contributed by atoms with Crippen LogP contribution in [0.3, 0.4) is 0 Å². The van der Waals surface area contributed by atoms with Crippen molar-refractivity contribution < 1.29 is 13.0 Å². The highest BCUT2D eigenvalue weighted by atomic mass is 32.2. The maximum Gasteiger partial charge on any atom is 0.266 e. The lowest BCUT2D eigenvalue weighted by Gasteiger charge is -2.30. The average molecular weight is 320 g/mol. The normalized spacial score (nSPS) is 14.4. The Hall–Kier alpha value is -1.56. The van der Waals surface area contributed by atoms with Crippen LogP contribution in [0.15, 0.2) is 60.7 Å². The third-order valence-corrected chi connectivity index (χ3v) is 5.05. The molecule has 2 aromatic carbocycles. The van der Waals surface area contributed by atoms with Crippen LogP contribution in [0, 0.1) is 0 Å². The molecule has 21 heavy (non-hydrogen) atoms. The molecule has 0 heterocycles. The molecule has 0 aromatic heterocycles. The Balaban J connectivity index is 2.54. The van der Waals surface area contributed by atoms with Crippen LogP contribution >= 0.6 is 12.2 Å². The highest BCUT2D eigenvalue weighted by molar-refractivity contribution is 7.86. The molecule has 110 valence electrons. The number of hydrogen-bond acceptors (Lipinski definition) is 3. The van der Waals surface area contributed by atoms with Crippen LogP contribution in [0.5, 0.6) is 0 Å². The van der Waals surface area contributed by atoms with E-state index in [1.807, 2.05) is 60.7 Å². The van der Waals surface area contributed by atoms with E-state index in [4.69, 9.17) is 12.2 Å².